The van der Waals surface area contributed by atoms with E-state index in [2.05, 4.69) is 0 Å². The Labute approximate surface area is 231 Å². The molecule has 0 bridgehead atoms. The van der Waals surface area contributed by atoms with E-state index >= 15 is 0 Å². The fourth-order valence-corrected chi connectivity index (χ4v) is 4.44. The molecule has 0 spiro atoms. The minimum Gasteiger partial charge on any atom is -0.465 e. The molecule has 0 fully saturated rings. The zero-order valence-corrected chi connectivity index (χ0v) is 23.4. The van der Waals surface area contributed by atoms with Gasteiger partial charge in [0.1, 0.15) is 5.69 Å². The van der Waals surface area contributed by atoms with Crippen molar-refractivity contribution in [2.45, 2.75) is 20.8 Å². The lowest BCUT2D eigenvalue weighted by molar-refractivity contribution is 0.0831. The number of furan rings is 1. The second kappa shape index (κ2) is 10.8. The maximum Gasteiger partial charge on any atom is 0.412 e. The standard InChI is InChI=1S/C29H29Cl2N3O4/c1-29(2,3)26(35)25-24(34(28(36)37)15-14-33(4)5)21-16-20(17-10-12-18(30)13-11-17)23(32-27(21)38-25)19-8-6-7-9-22(19)31/h6-13,16H,14-15H2,1-5H3,(H,36,37). The molecule has 0 saturated carbocycles. The van der Waals surface area contributed by atoms with E-state index in [1.807, 2.05) is 55.4 Å². The largest absolute Gasteiger partial charge is 0.465 e. The molecule has 0 aliphatic heterocycles. The van der Waals surface area contributed by atoms with Gasteiger partial charge < -0.3 is 14.4 Å². The van der Waals surface area contributed by atoms with Crippen LogP contribution in [0.5, 0.6) is 0 Å². The Kier molecular flexibility index (Phi) is 7.83. The number of ketones is 1. The van der Waals surface area contributed by atoms with E-state index in [-0.39, 0.29) is 29.5 Å². The van der Waals surface area contributed by atoms with Crippen LogP contribution in [0.1, 0.15) is 31.3 Å². The van der Waals surface area contributed by atoms with Gasteiger partial charge >= 0.3 is 6.09 Å². The van der Waals surface area contributed by atoms with Crippen LogP contribution in [0, 0.1) is 5.41 Å². The summed E-state index contributed by atoms with van der Waals surface area (Å²) in [7, 11) is 3.70. The van der Waals surface area contributed by atoms with Gasteiger partial charge in [-0.1, -0.05) is 74.3 Å². The number of benzene rings is 2. The zero-order valence-electron chi connectivity index (χ0n) is 21.9. The summed E-state index contributed by atoms with van der Waals surface area (Å²) >= 11 is 12.7. The number of Topliss-reactive ketones (excluding diaryl/α,β-unsaturated/α-hetero) is 1. The number of aromatic nitrogens is 1. The fraction of sp³-hybridized carbons (Fsp3) is 0.276. The first-order valence-electron chi connectivity index (χ1n) is 12.1. The van der Waals surface area contributed by atoms with Gasteiger partial charge in [0.2, 0.25) is 11.5 Å². The van der Waals surface area contributed by atoms with Gasteiger partial charge in [-0.25, -0.2) is 9.78 Å². The van der Waals surface area contributed by atoms with Gasteiger partial charge in [-0.15, -0.1) is 0 Å². The molecular formula is C29H29Cl2N3O4. The van der Waals surface area contributed by atoms with E-state index in [1.54, 1.807) is 39.0 Å². The minimum absolute atomic E-state index is 0.0421. The third kappa shape index (κ3) is 5.55. The maximum absolute atomic E-state index is 13.5. The van der Waals surface area contributed by atoms with Crippen molar-refractivity contribution in [3.63, 3.8) is 0 Å². The Morgan fingerprint density at radius 2 is 1.63 bits per heavy atom. The highest BCUT2D eigenvalue weighted by molar-refractivity contribution is 6.33. The van der Waals surface area contributed by atoms with Crippen LogP contribution in [0.15, 0.2) is 59.0 Å². The fourth-order valence-electron chi connectivity index (χ4n) is 4.08. The highest BCUT2D eigenvalue weighted by atomic mass is 35.5. The predicted octanol–water partition coefficient (Wildman–Crippen LogP) is 7.74. The number of hydrogen-bond acceptors (Lipinski definition) is 5. The molecule has 0 saturated heterocycles. The van der Waals surface area contributed by atoms with Gasteiger partial charge in [0.05, 0.1) is 11.1 Å². The molecule has 198 valence electrons. The molecule has 9 heteroatoms. The van der Waals surface area contributed by atoms with E-state index in [1.165, 1.54) is 0 Å². The Balaban J connectivity index is 2.09. The van der Waals surface area contributed by atoms with Crippen molar-refractivity contribution in [2.75, 3.05) is 32.1 Å². The summed E-state index contributed by atoms with van der Waals surface area (Å²) in [4.78, 5) is 33.9. The van der Waals surface area contributed by atoms with Gasteiger partial charge in [0.25, 0.3) is 0 Å². The highest BCUT2D eigenvalue weighted by Crippen LogP contribution is 2.43. The smallest absolute Gasteiger partial charge is 0.412 e. The molecule has 2 aromatic carbocycles. The second-order valence-electron chi connectivity index (χ2n) is 10.3. The molecule has 0 unspecified atom stereocenters. The number of fused-ring (bicyclic) bond motifs is 1. The molecule has 7 nitrogen and oxygen atoms in total. The van der Waals surface area contributed by atoms with Crippen molar-refractivity contribution >= 4 is 51.9 Å². The summed E-state index contributed by atoms with van der Waals surface area (Å²) in [6.07, 6.45) is -1.19. The second-order valence-corrected chi connectivity index (χ2v) is 11.2. The number of anilines is 1. The third-order valence-corrected chi connectivity index (χ3v) is 6.68. The van der Waals surface area contributed by atoms with Crippen LogP contribution in [0.3, 0.4) is 0 Å². The molecule has 1 N–H and O–H groups in total. The number of carbonyl (C=O) groups is 2. The van der Waals surface area contributed by atoms with Crippen LogP contribution in [-0.4, -0.2) is 54.1 Å². The van der Waals surface area contributed by atoms with E-state index in [9.17, 15) is 14.7 Å². The van der Waals surface area contributed by atoms with Gasteiger partial charge in [-0.3, -0.25) is 9.69 Å². The summed E-state index contributed by atoms with van der Waals surface area (Å²) in [6.45, 7) is 5.86. The predicted molar refractivity (Wildman–Crippen MR) is 153 cm³/mol. The summed E-state index contributed by atoms with van der Waals surface area (Å²) in [5, 5.41) is 11.7. The number of rotatable bonds is 7. The monoisotopic (exact) mass is 553 g/mol. The van der Waals surface area contributed by atoms with E-state index < -0.39 is 11.5 Å². The lowest BCUT2D eigenvalue weighted by atomic mass is 9.88. The third-order valence-electron chi connectivity index (χ3n) is 6.10. The SMILES string of the molecule is CN(C)CCN(C(=O)O)c1c(C(=O)C(C)(C)C)oc2nc(-c3ccccc3Cl)c(-c3ccc(Cl)cc3)cc12. The van der Waals surface area contributed by atoms with Crippen LogP contribution in [0.2, 0.25) is 10.0 Å². The van der Waals surface area contributed by atoms with Crippen LogP contribution in [0.25, 0.3) is 33.5 Å². The molecule has 0 atom stereocenters. The molecule has 0 aliphatic rings. The average Bonchev–Trinajstić information content (AvgIpc) is 3.21. The number of pyridine rings is 1. The van der Waals surface area contributed by atoms with Crippen molar-refractivity contribution in [1.29, 1.82) is 0 Å². The Morgan fingerprint density at radius 1 is 0.974 bits per heavy atom. The van der Waals surface area contributed by atoms with Crippen molar-refractivity contribution in [3.8, 4) is 22.4 Å². The number of likely N-dealkylation sites (N-methyl/N-ethyl adjacent to an activating group) is 1. The summed E-state index contributed by atoms with van der Waals surface area (Å²) < 4.78 is 6.09. The number of amides is 1. The van der Waals surface area contributed by atoms with Crippen LogP contribution in [-0.2, 0) is 0 Å². The Hall–Kier alpha value is -3.39. The first-order valence-corrected chi connectivity index (χ1v) is 12.8. The maximum atomic E-state index is 13.5. The minimum atomic E-state index is -1.19. The topological polar surface area (TPSA) is 86.9 Å². The van der Waals surface area contributed by atoms with Gasteiger partial charge in [0, 0.05) is 39.7 Å². The Bertz CT molecular complexity index is 1510. The number of nitrogens with zero attached hydrogens (tertiary/aromatic N) is 3. The summed E-state index contributed by atoms with van der Waals surface area (Å²) in [5.74, 6) is -0.367. The molecule has 2 aromatic heterocycles. The lowest BCUT2D eigenvalue weighted by Crippen LogP contribution is -2.37. The number of halogens is 2. The average molecular weight is 554 g/mol. The summed E-state index contributed by atoms with van der Waals surface area (Å²) in [5.41, 5.74) is 2.21. The van der Waals surface area contributed by atoms with Crippen molar-refractivity contribution in [3.05, 3.63) is 70.4 Å². The molecule has 1 amide bonds. The molecule has 0 radical (unpaired) electrons. The van der Waals surface area contributed by atoms with Crippen molar-refractivity contribution < 1.29 is 19.1 Å². The molecular weight excluding hydrogens is 525 g/mol. The number of hydrogen-bond donors (Lipinski definition) is 1. The Morgan fingerprint density at radius 3 is 2.21 bits per heavy atom. The lowest BCUT2D eigenvalue weighted by Gasteiger charge is -2.23. The molecule has 4 aromatic rings. The highest BCUT2D eigenvalue weighted by Gasteiger charge is 2.35. The first kappa shape index (κ1) is 27.6. The van der Waals surface area contributed by atoms with E-state index in [4.69, 9.17) is 32.6 Å². The van der Waals surface area contributed by atoms with Gasteiger partial charge in [-0.2, -0.15) is 0 Å². The molecule has 0 aliphatic carbocycles. The van der Waals surface area contributed by atoms with Crippen LogP contribution in [0.4, 0.5) is 10.5 Å². The molecule has 4 rings (SSSR count). The van der Waals surface area contributed by atoms with Crippen LogP contribution >= 0.6 is 23.2 Å². The first-order chi connectivity index (χ1) is 17.9. The van der Waals surface area contributed by atoms with Crippen molar-refractivity contribution in [2.24, 2.45) is 5.41 Å². The van der Waals surface area contributed by atoms with Crippen molar-refractivity contribution in [1.82, 2.24) is 9.88 Å². The van der Waals surface area contributed by atoms with Gasteiger partial charge in [-0.05, 0) is 43.9 Å². The quantitative estimate of drug-likeness (QED) is 0.235. The molecule has 38 heavy (non-hydrogen) atoms. The number of carbonyl (C=O) groups excluding carboxylic acids is 1. The van der Waals surface area contributed by atoms with Crippen LogP contribution < -0.4 is 4.90 Å². The van der Waals surface area contributed by atoms with E-state index in [0.717, 1.165) is 10.5 Å². The van der Waals surface area contributed by atoms with E-state index in [0.29, 0.717) is 38.8 Å². The van der Waals surface area contributed by atoms with Gasteiger partial charge in [0.15, 0.2) is 5.76 Å². The zero-order chi connectivity index (χ0) is 27.8. The summed E-state index contributed by atoms with van der Waals surface area (Å²) in [6, 6.07) is 16.4. The number of carboxylic acid groups (broad SMARTS) is 1. The molecule has 2 heterocycles. The normalized spacial score (nSPS) is 11.8.